The molecule has 4 aromatic heterocycles. The number of ether oxygens (including phenoxy) is 3. The number of likely N-dealkylation sites (tertiary alicyclic amines) is 4. The number of para-hydroxylation sites is 4. The molecular formula is C109H149N25O3. The summed E-state index contributed by atoms with van der Waals surface area (Å²) in [5, 5.41) is 24.9. The van der Waals surface area contributed by atoms with Crippen molar-refractivity contribution in [3.05, 3.63) is 223 Å². The number of piperidine rings is 5. The lowest BCUT2D eigenvalue weighted by atomic mass is 10.0. The largest absolute Gasteiger partial charge is 0.493 e. The Morgan fingerprint density at radius 1 is 0.387 bits per heavy atom. The summed E-state index contributed by atoms with van der Waals surface area (Å²) in [6.45, 7) is 27.3. The van der Waals surface area contributed by atoms with Gasteiger partial charge in [-0.05, 0) is 228 Å². The molecule has 28 heteroatoms. The van der Waals surface area contributed by atoms with Crippen molar-refractivity contribution in [1.82, 2.24) is 69.4 Å². The van der Waals surface area contributed by atoms with Crippen molar-refractivity contribution in [3.63, 3.8) is 0 Å². The average Bonchev–Trinajstić information content (AvgIpc) is 0.771. The van der Waals surface area contributed by atoms with Crippen LogP contribution in [0.5, 0.6) is 11.5 Å². The Hall–Kier alpha value is -11.4. The summed E-state index contributed by atoms with van der Waals surface area (Å²) in [4.78, 5) is 58.9. The zero-order chi connectivity index (χ0) is 94.0. The predicted octanol–water partition coefficient (Wildman–Crippen LogP) is 17.0. The highest BCUT2D eigenvalue weighted by Gasteiger charge is 2.30. The molecule has 12 aromatic rings. The van der Waals surface area contributed by atoms with Crippen molar-refractivity contribution in [3.8, 4) is 11.5 Å². The fourth-order valence-electron chi connectivity index (χ4n) is 19.6. The number of hydrazine groups is 1. The molecule has 7 fully saturated rings. The molecule has 0 saturated carbocycles. The Kier molecular flexibility index (Phi) is 37.3. The zero-order valence-electron chi connectivity index (χ0n) is 81.6. The first-order chi connectivity index (χ1) is 67.4. The van der Waals surface area contributed by atoms with E-state index in [1.54, 1.807) is 7.11 Å². The summed E-state index contributed by atoms with van der Waals surface area (Å²) in [5.41, 5.74) is 23.9. The van der Waals surface area contributed by atoms with Crippen molar-refractivity contribution < 1.29 is 14.2 Å². The first-order valence-electron chi connectivity index (χ1n) is 51.0. The standard InChI is InChI=1S/C30H34N6.C29H52N8O2.C26H33N5.C24H30N6O/c1-3-9-24(10-4-1)23-34-17-15-25(16-18-34)31-29-27-13-7-8-14-28(27)32-30(33-29)36-21-19-35(20-22-36)26-11-5-2-6-12-26;1-36(2)16-10-15-32-29-34-25-22-27(39-20-9-5-7-14-31)26(38-3)21-24(25)28(35-29)33-23-11-18-37(19-12-23)17-8-4-6-13-30;1-20-9-7-8-16-31(20)26-28-24-13-6-5-12-23(24)25(29-26)27-22-14-17-30(18-15-22)19-21-10-3-2-4-11-21;1-2-6-19(7-3-1)18-29-12-10-20(11-13-29)25-23-21-8-4-5-9-22(21)26-24(27-23)28-30-14-16-31-17-15-30/h1-14,25H,15-23H2,(H,31,32,33);21-23H,4-20,30-31H2,1-3H3,(H2,32,33,34,35);2-6,10-13,20,22H,7-9,14-19H2,1H3,(H,27,28,29);1-9,20H,10-18H2,(H2,25,26,27,28). The number of nitrogens with two attached hydrogens (primary N) is 2. The van der Waals surface area contributed by atoms with E-state index in [-0.39, 0.29) is 0 Å². The molecule has 1 atom stereocenters. The van der Waals surface area contributed by atoms with E-state index < -0.39 is 0 Å². The van der Waals surface area contributed by atoms with E-state index in [4.69, 9.17) is 65.5 Å². The normalized spacial score (nSPS) is 17.7. The van der Waals surface area contributed by atoms with Gasteiger partial charge in [-0.2, -0.15) is 19.9 Å². The van der Waals surface area contributed by atoms with Gasteiger partial charge >= 0.3 is 0 Å². The molecule has 0 aliphatic carbocycles. The molecular weight excluding hydrogens is 1710 g/mol. The van der Waals surface area contributed by atoms with Crippen LogP contribution in [-0.4, -0.2) is 272 Å². The smallest absolute Gasteiger partial charge is 0.240 e. The lowest BCUT2D eigenvalue weighted by molar-refractivity contribution is 0.0493. The third-order valence-corrected chi connectivity index (χ3v) is 27.6. The van der Waals surface area contributed by atoms with Gasteiger partial charge < -0.3 is 76.8 Å². The highest BCUT2D eigenvalue weighted by atomic mass is 16.5. The number of rotatable bonds is 36. The SMILES string of the molecule is CC1CCCCN1c1nc(NC2CCN(Cc3ccccc3)CC2)c2ccccc2n1.COc1cc2c(NC3CCN(CCCCCN)CC3)nc(NCCCN(C)C)nc2cc1OCCCCCN.c1ccc(CN2CCC(Nc3nc(N4CCN(c5ccccc5)CC4)nc4ccccc34)CC2)cc1.c1ccc(CN2CCC(Nc3nc(NN4CCOCC4)nc4ccccc34)CC2)cc1. The molecule has 728 valence electrons. The number of nitrogens with one attached hydrogen (secondary N) is 6. The number of nitrogens with zero attached hydrogens (tertiary/aromatic N) is 17. The zero-order valence-corrected chi connectivity index (χ0v) is 81.6. The maximum absolute atomic E-state index is 6.11. The van der Waals surface area contributed by atoms with Crippen molar-refractivity contribution in [1.29, 1.82) is 0 Å². The molecule has 19 rings (SSSR count). The number of hydrogen-bond donors (Lipinski definition) is 8. The van der Waals surface area contributed by atoms with Crippen molar-refractivity contribution in [2.45, 2.75) is 172 Å². The Labute approximate surface area is 812 Å². The minimum absolute atomic E-state index is 0.370. The molecule has 7 aliphatic heterocycles. The van der Waals surface area contributed by atoms with Gasteiger partial charge in [-0.15, -0.1) is 0 Å². The summed E-state index contributed by atoms with van der Waals surface area (Å²) in [7, 11) is 5.86. The molecule has 0 spiro atoms. The number of unbranched alkanes of at least 4 members (excludes halogenated alkanes) is 4. The minimum atomic E-state index is 0.370. The topological polar surface area (TPSA) is 284 Å². The van der Waals surface area contributed by atoms with Crippen molar-refractivity contribution >= 4 is 96.4 Å². The maximum atomic E-state index is 6.11. The van der Waals surface area contributed by atoms with Crippen LogP contribution in [0, 0.1) is 0 Å². The number of methoxy groups -OCH3 is 1. The van der Waals surface area contributed by atoms with Crippen molar-refractivity contribution in [2.75, 3.05) is 219 Å². The summed E-state index contributed by atoms with van der Waals surface area (Å²) in [6, 6.07) is 74.2. The van der Waals surface area contributed by atoms with E-state index in [9.17, 15) is 0 Å². The van der Waals surface area contributed by atoms with Crippen LogP contribution < -0.4 is 67.7 Å². The van der Waals surface area contributed by atoms with Gasteiger partial charge in [0.2, 0.25) is 23.8 Å². The monoisotopic (exact) mass is 1860 g/mol. The molecule has 28 nitrogen and oxygen atoms in total. The van der Waals surface area contributed by atoms with E-state index >= 15 is 0 Å². The van der Waals surface area contributed by atoms with Crippen LogP contribution in [0.25, 0.3) is 43.6 Å². The van der Waals surface area contributed by atoms with Gasteiger partial charge in [-0.3, -0.25) is 20.1 Å². The number of piperazine rings is 1. The molecule has 0 amide bonds. The van der Waals surface area contributed by atoms with Crippen LogP contribution in [0.3, 0.4) is 0 Å². The predicted molar refractivity (Wildman–Crippen MR) is 563 cm³/mol. The molecule has 11 heterocycles. The second-order valence-corrected chi connectivity index (χ2v) is 38.1. The molecule has 1 unspecified atom stereocenters. The highest BCUT2D eigenvalue weighted by Crippen LogP contribution is 2.38. The Morgan fingerprint density at radius 2 is 0.825 bits per heavy atom. The van der Waals surface area contributed by atoms with Gasteiger partial charge in [0.1, 0.15) is 23.3 Å². The van der Waals surface area contributed by atoms with Gasteiger partial charge in [0.15, 0.2) is 11.5 Å². The summed E-state index contributed by atoms with van der Waals surface area (Å²) in [6.07, 6.45) is 20.3. The molecule has 7 aliphatic rings. The fourth-order valence-corrected chi connectivity index (χ4v) is 19.6. The Bertz CT molecular complexity index is 5570. The summed E-state index contributed by atoms with van der Waals surface area (Å²) in [5.74, 6) is 8.16. The summed E-state index contributed by atoms with van der Waals surface area (Å²) < 4.78 is 17.3. The average molecular weight is 1860 g/mol. The minimum Gasteiger partial charge on any atom is -0.493 e. The van der Waals surface area contributed by atoms with E-state index in [0.717, 1.165) is 319 Å². The van der Waals surface area contributed by atoms with Crippen LogP contribution in [0.1, 0.15) is 139 Å². The van der Waals surface area contributed by atoms with Crippen LogP contribution in [-0.2, 0) is 24.4 Å². The van der Waals surface area contributed by atoms with Gasteiger partial charge in [-0.1, -0.05) is 152 Å². The number of morpholine rings is 1. The highest BCUT2D eigenvalue weighted by molar-refractivity contribution is 5.94. The molecule has 0 radical (unpaired) electrons. The van der Waals surface area contributed by atoms with E-state index in [1.807, 2.05) is 18.2 Å². The van der Waals surface area contributed by atoms with E-state index in [1.165, 1.54) is 54.5 Å². The number of aromatic nitrogens is 8. The van der Waals surface area contributed by atoms with Crippen LogP contribution in [0.2, 0.25) is 0 Å². The van der Waals surface area contributed by atoms with Crippen LogP contribution >= 0.6 is 0 Å². The molecule has 137 heavy (non-hydrogen) atoms. The first-order valence-corrected chi connectivity index (χ1v) is 51.0. The maximum Gasteiger partial charge on any atom is 0.240 e. The van der Waals surface area contributed by atoms with Gasteiger partial charge in [-0.25, -0.2) is 24.9 Å². The fraction of sp³-hybridized carbons (Fsp3) is 0.486. The van der Waals surface area contributed by atoms with Gasteiger partial charge in [0.25, 0.3) is 0 Å². The van der Waals surface area contributed by atoms with Crippen molar-refractivity contribution in [2.24, 2.45) is 11.5 Å². The Balaban J connectivity index is 0.000000133. The first kappa shape index (κ1) is 98.6. The quantitative estimate of drug-likeness (QED) is 0.0169. The van der Waals surface area contributed by atoms with E-state index in [0.29, 0.717) is 66.8 Å². The lowest BCUT2D eigenvalue weighted by Gasteiger charge is -2.36. The van der Waals surface area contributed by atoms with Crippen LogP contribution in [0.4, 0.5) is 52.8 Å². The van der Waals surface area contributed by atoms with Gasteiger partial charge in [0, 0.05) is 188 Å². The number of hydrogen-bond acceptors (Lipinski definition) is 28. The number of benzene rings is 8. The molecule has 0 bridgehead atoms. The molecule has 8 aromatic carbocycles. The second-order valence-electron chi connectivity index (χ2n) is 38.1. The molecule has 7 saturated heterocycles. The van der Waals surface area contributed by atoms with E-state index in [2.05, 4.69) is 285 Å². The third kappa shape index (κ3) is 29.3. The summed E-state index contributed by atoms with van der Waals surface area (Å²) >= 11 is 0. The van der Waals surface area contributed by atoms with Gasteiger partial charge in [0.05, 0.1) is 49.0 Å². The third-order valence-electron chi connectivity index (χ3n) is 27.6. The lowest BCUT2D eigenvalue weighted by Crippen LogP contribution is -2.47. The number of fused-ring (bicyclic) bond motifs is 4. The number of anilines is 9. The second kappa shape index (κ2) is 51.8. The van der Waals surface area contributed by atoms with Crippen LogP contribution in [0.15, 0.2) is 206 Å². The Morgan fingerprint density at radius 3 is 1.33 bits per heavy atom. The molecule has 10 N–H and O–H groups in total.